The van der Waals surface area contributed by atoms with Gasteiger partial charge in [0.15, 0.2) is 0 Å². The van der Waals surface area contributed by atoms with Crippen molar-refractivity contribution >= 4 is 46.5 Å². The number of halogens is 3. The van der Waals surface area contributed by atoms with Gasteiger partial charge in [0.1, 0.15) is 5.76 Å². The second-order valence-corrected chi connectivity index (χ2v) is 4.53. The van der Waals surface area contributed by atoms with Gasteiger partial charge in [-0.05, 0) is 25.1 Å². The Kier molecular flexibility index (Phi) is 6.78. The monoisotopic (exact) mass is 336 g/mol. The molecule has 1 rings (SSSR count). The Bertz CT molecular complexity index is 559. The summed E-state index contributed by atoms with van der Waals surface area (Å²) in [6.07, 6.45) is 0. The zero-order valence-corrected chi connectivity index (χ0v) is 12.7. The number of benzene rings is 1. The van der Waals surface area contributed by atoms with Crippen molar-refractivity contribution in [2.24, 2.45) is 10.2 Å². The molecule has 0 aliphatic heterocycles. The minimum Gasteiger partial charge on any atom is -0.508 e. The first-order valence-electron chi connectivity index (χ1n) is 5.51. The second-order valence-electron chi connectivity index (χ2n) is 3.45. The molecule has 20 heavy (non-hydrogen) atoms. The van der Waals surface area contributed by atoms with Crippen LogP contribution < -0.4 is 0 Å². The van der Waals surface area contributed by atoms with Crippen molar-refractivity contribution in [3.63, 3.8) is 0 Å². The first kappa shape index (κ1) is 16.8. The average molecular weight is 338 g/mol. The first-order valence-corrected chi connectivity index (χ1v) is 6.80. The van der Waals surface area contributed by atoms with Crippen molar-refractivity contribution in [2.45, 2.75) is 6.92 Å². The Balaban J connectivity index is 3.03. The summed E-state index contributed by atoms with van der Waals surface area (Å²) in [5.74, 6) is -1.52. The number of ether oxygens (including phenoxy) is 1. The number of hydrogen-bond acceptors (Lipinski definition) is 5. The van der Waals surface area contributed by atoms with Crippen LogP contribution in [0.3, 0.4) is 0 Å². The Labute approximate surface area is 130 Å². The van der Waals surface area contributed by atoms with Crippen LogP contribution in [0.15, 0.2) is 39.9 Å². The number of carbonyl (C=O) groups excluding carboxylic acids is 1. The van der Waals surface area contributed by atoms with E-state index in [4.69, 9.17) is 39.5 Å². The third-order valence-corrected chi connectivity index (χ3v) is 3.03. The van der Waals surface area contributed by atoms with Gasteiger partial charge in [-0.3, -0.25) is 0 Å². The Morgan fingerprint density at radius 3 is 2.60 bits per heavy atom. The number of allylic oxidation sites excluding steroid dienone is 1. The van der Waals surface area contributed by atoms with Crippen LogP contribution in [0.25, 0.3) is 0 Å². The fraction of sp³-hybridized carbons (Fsp3) is 0.250. The van der Waals surface area contributed by atoms with Crippen molar-refractivity contribution in [1.82, 2.24) is 0 Å². The number of esters is 1. The van der Waals surface area contributed by atoms with Crippen LogP contribution >= 0.6 is 34.8 Å². The molecule has 0 unspecified atom stereocenters. The molecule has 8 heteroatoms. The lowest BCUT2D eigenvalue weighted by Gasteiger charge is -2.03. The van der Waals surface area contributed by atoms with E-state index in [1.165, 1.54) is 12.1 Å². The molecule has 1 N–H and O–H groups in total. The highest BCUT2D eigenvalue weighted by Gasteiger charge is 2.16. The Morgan fingerprint density at radius 2 is 2.05 bits per heavy atom. The second kappa shape index (κ2) is 8.09. The highest BCUT2D eigenvalue weighted by molar-refractivity contribution is 6.42. The van der Waals surface area contributed by atoms with E-state index in [-0.39, 0.29) is 18.2 Å². The van der Waals surface area contributed by atoms with E-state index in [1.807, 2.05) is 0 Å². The summed E-state index contributed by atoms with van der Waals surface area (Å²) in [7, 11) is 0. The van der Waals surface area contributed by atoms with Crippen molar-refractivity contribution in [3.05, 3.63) is 39.7 Å². The highest BCUT2D eigenvalue weighted by Crippen LogP contribution is 2.27. The Hall–Kier alpha value is -1.30. The summed E-state index contributed by atoms with van der Waals surface area (Å²) in [6.45, 7) is 1.77. The maximum Gasteiger partial charge on any atom is 0.362 e. The van der Waals surface area contributed by atoms with Crippen LogP contribution in [0.5, 0.6) is 0 Å². The number of rotatable bonds is 5. The van der Waals surface area contributed by atoms with Crippen LogP contribution in [-0.4, -0.2) is 23.6 Å². The molecule has 1 aromatic carbocycles. The molecular formula is C12H11Cl3N2O3. The minimum absolute atomic E-state index is 0.139. The standard InChI is InChI=1S/C12H11Cl3N2O3/c1-2-20-12(19)11(10(18)6-13)17-16-7-3-4-8(14)9(15)5-7/h3-5,18H,2,6H2,1H3/b11-10-,17-16?. The minimum atomic E-state index is -0.811. The summed E-state index contributed by atoms with van der Waals surface area (Å²) in [5.41, 5.74) is 0.0106. The van der Waals surface area contributed by atoms with Crippen LogP contribution in [0.2, 0.25) is 10.0 Å². The van der Waals surface area contributed by atoms with Gasteiger partial charge in [-0.1, -0.05) is 23.2 Å². The van der Waals surface area contributed by atoms with Gasteiger partial charge in [-0.25, -0.2) is 4.79 Å². The predicted molar refractivity (Wildman–Crippen MR) is 78.0 cm³/mol. The predicted octanol–water partition coefficient (Wildman–Crippen LogP) is 4.65. The van der Waals surface area contributed by atoms with E-state index in [0.29, 0.717) is 15.7 Å². The van der Waals surface area contributed by atoms with Crippen molar-refractivity contribution in [3.8, 4) is 0 Å². The smallest absolute Gasteiger partial charge is 0.362 e. The van der Waals surface area contributed by atoms with E-state index in [2.05, 4.69) is 10.2 Å². The molecule has 0 radical (unpaired) electrons. The number of nitrogens with zero attached hydrogens (tertiary/aromatic N) is 2. The molecule has 0 amide bonds. The summed E-state index contributed by atoms with van der Waals surface area (Å²) in [6, 6.07) is 4.56. The third-order valence-electron chi connectivity index (χ3n) is 2.04. The molecule has 1 aromatic rings. The fourth-order valence-corrected chi connectivity index (χ4v) is 1.55. The topological polar surface area (TPSA) is 71.2 Å². The number of aliphatic hydroxyl groups excluding tert-OH is 1. The van der Waals surface area contributed by atoms with Gasteiger partial charge in [0.25, 0.3) is 0 Å². The van der Waals surface area contributed by atoms with Gasteiger partial charge in [-0.2, -0.15) is 5.11 Å². The number of aliphatic hydroxyl groups is 1. The van der Waals surface area contributed by atoms with Gasteiger partial charge < -0.3 is 9.84 Å². The van der Waals surface area contributed by atoms with E-state index in [9.17, 15) is 9.90 Å². The summed E-state index contributed by atoms with van der Waals surface area (Å²) in [4.78, 5) is 11.6. The molecule has 0 heterocycles. The van der Waals surface area contributed by atoms with E-state index in [1.54, 1.807) is 13.0 Å². The summed E-state index contributed by atoms with van der Waals surface area (Å²) >= 11 is 17.0. The number of alkyl halides is 1. The number of azo groups is 1. The van der Waals surface area contributed by atoms with Crippen molar-refractivity contribution < 1.29 is 14.6 Å². The number of hydrogen-bond donors (Lipinski definition) is 1. The van der Waals surface area contributed by atoms with Gasteiger partial charge in [0.2, 0.25) is 5.70 Å². The van der Waals surface area contributed by atoms with Gasteiger partial charge >= 0.3 is 5.97 Å². The SMILES string of the molecule is CCOC(=O)/C(N=Nc1ccc(Cl)c(Cl)c1)=C(/O)CCl. The van der Waals surface area contributed by atoms with Crippen molar-refractivity contribution in [1.29, 1.82) is 0 Å². The summed E-state index contributed by atoms with van der Waals surface area (Å²) < 4.78 is 4.74. The first-order chi connectivity index (χ1) is 9.49. The lowest BCUT2D eigenvalue weighted by atomic mass is 10.3. The highest BCUT2D eigenvalue weighted by atomic mass is 35.5. The fourth-order valence-electron chi connectivity index (χ4n) is 1.13. The maximum absolute atomic E-state index is 11.6. The molecule has 0 aliphatic carbocycles. The zero-order chi connectivity index (χ0) is 15.1. The molecule has 0 aromatic heterocycles. The van der Waals surface area contributed by atoms with E-state index >= 15 is 0 Å². The molecule has 5 nitrogen and oxygen atoms in total. The molecular weight excluding hydrogens is 327 g/mol. The van der Waals surface area contributed by atoms with E-state index < -0.39 is 11.7 Å². The molecule has 0 aliphatic rings. The molecule has 108 valence electrons. The van der Waals surface area contributed by atoms with Gasteiger partial charge in [0.05, 0.1) is 28.2 Å². The average Bonchev–Trinajstić information content (AvgIpc) is 2.42. The van der Waals surface area contributed by atoms with Crippen LogP contribution in [0, 0.1) is 0 Å². The number of carbonyl (C=O) groups is 1. The molecule has 0 saturated heterocycles. The Morgan fingerprint density at radius 1 is 1.35 bits per heavy atom. The zero-order valence-electron chi connectivity index (χ0n) is 10.4. The van der Waals surface area contributed by atoms with E-state index in [0.717, 1.165) is 0 Å². The molecule has 0 atom stereocenters. The third kappa shape index (κ3) is 4.67. The van der Waals surface area contributed by atoms with Crippen LogP contribution in [0.4, 0.5) is 5.69 Å². The molecule has 0 fully saturated rings. The molecule has 0 saturated carbocycles. The quantitative estimate of drug-likeness (QED) is 0.279. The van der Waals surface area contributed by atoms with Gasteiger partial charge in [-0.15, -0.1) is 16.7 Å². The summed E-state index contributed by atoms with van der Waals surface area (Å²) in [5, 5.41) is 17.6. The van der Waals surface area contributed by atoms with Crippen molar-refractivity contribution in [2.75, 3.05) is 12.5 Å². The van der Waals surface area contributed by atoms with Gasteiger partial charge in [0, 0.05) is 0 Å². The normalized spacial score (nSPS) is 12.4. The molecule has 0 spiro atoms. The molecule has 0 bridgehead atoms. The lowest BCUT2D eigenvalue weighted by molar-refractivity contribution is -0.138. The van der Waals surface area contributed by atoms with Crippen LogP contribution in [-0.2, 0) is 9.53 Å². The van der Waals surface area contributed by atoms with Crippen LogP contribution in [0.1, 0.15) is 6.92 Å². The largest absolute Gasteiger partial charge is 0.508 e. The lowest BCUT2D eigenvalue weighted by Crippen LogP contribution is -2.09. The maximum atomic E-state index is 11.6.